The first kappa shape index (κ1) is 13.1. The second-order valence-electron chi connectivity index (χ2n) is 5.61. The Morgan fingerprint density at radius 1 is 1.17 bits per heavy atom. The van der Waals surface area contributed by atoms with Gasteiger partial charge in [0.2, 0.25) is 0 Å². The van der Waals surface area contributed by atoms with Gasteiger partial charge in [-0.3, -0.25) is 4.90 Å². The summed E-state index contributed by atoms with van der Waals surface area (Å²) in [6.07, 6.45) is 2.55. The van der Waals surface area contributed by atoms with E-state index in [1.54, 1.807) is 0 Å². The number of benzene rings is 1. The molecule has 2 fully saturated rings. The lowest BCUT2D eigenvalue weighted by molar-refractivity contribution is 0.298. The number of fused-ring (bicyclic) bond motifs is 1. The molecule has 1 aliphatic carbocycles. The average molecular weight is 374 g/mol. The summed E-state index contributed by atoms with van der Waals surface area (Å²) in [6, 6.07) is 6.96. The van der Waals surface area contributed by atoms with E-state index in [0.29, 0.717) is 6.04 Å². The van der Waals surface area contributed by atoms with Crippen LogP contribution >= 0.6 is 31.9 Å². The van der Waals surface area contributed by atoms with Crippen molar-refractivity contribution < 1.29 is 0 Å². The lowest BCUT2D eigenvalue weighted by atomic mass is 9.98. The molecule has 0 radical (unpaired) electrons. The largest absolute Gasteiger partial charge is 0.327 e. The van der Waals surface area contributed by atoms with E-state index in [1.165, 1.54) is 31.5 Å². The molecule has 1 saturated carbocycles. The molecular weight excluding hydrogens is 356 g/mol. The first-order valence-corrected chi connectivity index (χ1v) is 8.14. The first-order valence-electron chi connectivity index (χ1n) is 6.55. The highest BCUT2D eigenvalue weighted by Crippen LogP contribution is 2.37. The standard InChI is InChI=1S/C14H18Br2N2/c15-12-3-1-9(5-13(12)16)6-18-7-10-2-4-14(17)11(10)8-18/h1,3,5,10-11,14H,2,4,6-8,17H2. The van der Waals surface area contributed by atoms with Crippen LogP contribution in [0, 0.1) is 11.8 Å². The quantitative estimate of drug-likeness (QED) is 0.860. The van der Waals surface area contributed by atoms with Gasteiger partial charge in [0.05, 0.1) is 0 Å². The molecule has 1 heterocycles. The van der Waals surface area contributed by atoms with Crippen LogP contribution in [0.4, 0.5) is 0 Å². The first-order chi connectivity index (χ1) is 8.63. The number of halogens is 2. The van der Waals surface area contributed by atoms with Crippen LogP contribution in [0.2, 0.25) is 0 Å². The van der Waals surface area contributed by atoms with Crippen LogP contribution in [-0.2, 0) is 6.54 Å². The minimum Gasteiger partial charge on any atom is -0.327 e. The molecule has 1 aromatic rings. The Balaban J connectivity index is 1.66. The van der Waals surface area contributed by atoms with Gasteiger partial charge in [-0.25, -0.2) is 0 Å². The van der Waals surface area contributed by atoms with Gasteiger partial charge in [0.15, 0.2) is 0 Å². The number of likely N-dealkylation sites (tertiary alicyclic amines) is 1. The summed E-state index contributed by atoms with van der Waals surface area (Å²) in [6.45, 7) is 3.46. The van der Waals surface area contributed by atoms with Crippen LogP contribution < -0.4 is 5.73 Å². The van der Waals surface area contributed by atoms with Crippen molar-refractivity contribution >= 4 is 31.9 Å². The minimum absolute atomic E-state index is 0.441. The summed E-state index contributed by atoms with van der Waals surface area (Å²) in [5.74, 6) is 1.59. The van der Waals surface area contributed by atoms with Crippen molar-refractivity contribution in [2.45, 2.75) is 25.4 Å². The molecule has 0 aromatic heterocycles. The maximum absolute atomic E-state index is 6.18. The van der Waals surface area contributed by atoms with Gasteiger partial charge in [-0.2, -0.15) is 0 Å². The zero-order chi connectivity index (χ0) is 12.7. The highest BCUT2D eigenvalue weighted by Gasteiger charge is 2.40. The van der Waals surface area contributed by atoms with E-state index in [-0.39, 0.29) is 0 Å². The number of nitrogens with two attached hydrogens (primary N) is 1. The van der Waals surface area contributed by atoms with E-state index in [4.69, 9.17) is 5.73 Å². The summed E-state index contributed by atoms with van der Waals surface area (Å²) in [7, 11) is 0. The van der Waals surface area contributed by atoms with Gasteiger partial charge in [0, 0.05) is 34.6 Å². The van der Waals surface area contributed by atoms with Crippen molar-refractivity contribution in [2.75, 3.05) is 13.1 Å². The Hall–Kier alpha value is 0.1000. The molecule has 98 valence electrons. The minimum atomic E-state index is 0.441. The van der Waals surface area contributed by atoms with Crippen molar-refractivity contribution in [3.05, 3.63) is 32.7 Å². The maximum Gasteiger partial charge on any atom is 0.0320 e. The van der Waals surface area contributed by atoms with E-state index in [2.05, 4.69) is 55.0 Å². The summed E-state index contributed by atoms with van der Waals surface area (Å²) >= 11 is 7.08. The molecule has 1 aromatic carbocycles. The molecule has 3 rings (SSSR count). The highest BCUT2D eigenvalue weighted by molar-refractivity contribution is 9.13. The normalized spacial score (nSPS) is 31.8. The Labute approximate surface area is 125 Å². The summed E-state index contributed by atoms with van der Waals surface area (Å²) < 4.78 is 2.25. The Kier molecular flexibility index (Phi) is 3.81. The maximum atomic E-state index is 6.18. The topological polar surface area (TPSA) is 29.3 Å². The zero-order valence-electron chi connectivity index (χ0n) is 10.3. The molecule has 0 bridgehead atoms. The predicted octanol–water partition coefficient (Wildman–Crippen LogP) is 3.38. The van der Waals surface area contributed by atoms with Crippen molar-refractivity contribution in [1.82, 2.24) is 4.90 Å². The van der Waals surface area contributed by atoms with Gasteiger partial charge in [0.25, 0.3) is 0 Å². The predicted molar refractivity (Wildman–Crippen MR) is 81.3 cm³/mol. The Bertz CT molecular complexity index is 449. The van der Waals surface area contributed by atoms with Gasteiger partial charge in [-0.1, -0.05) is 6.07 Å². The third kappa shape index (κ3) is 2.53. The number of hydrogen-bond donors (Lipinski definition) is 1. The SMILES string of the molecule is NC1CCC2CN(Cc3ccc(Br)c(Br)c3)CC12. The van der Waals surface area contributed by atoms with Crippen molar-refractivity contribution in [1.29, 1.82) is 0 Å². The second-order valence-corrected chi connectivity index (χ2v) is 7.32. The molecule has 0 amide bonds. The molecule has 18 heavy (non-hydrogen) atoms. The van der Waals surface area contributed by atoms with Gasteiger partial charge < -0.3 is 5.73 Å². The van der Waals surface area contributed by atoms with Crippen molar-refractivity contribution in [2.24, 2.45) is 17.6 Å². The molecular formula is C14H18Br2N2. The van der Waals surface area contributed by atoms with Gasteiger partial charge in [-0.05, 0) is 74.2 Å². The molecule has 0 spiro atoms. The molecule has 4 heteroatoms. The third-order valence-electron chi connectivity index (χ3n) is 4.38. The van der Waals surface area contributed by atoms with E-state index in [1.807, 2.05) is 0 Å². The summed E-state index contributed by atoms with van der Waals surface area (Å²) in [4.78, 5) is 2.56. The number of nitrogens with zero attached hydrogens (tertiary/aromatic N) is 1. The third-order valence-corrected chi connectivity index (χ3v) is 6.26. The van der Waals surface area contributed by atoms with Crippen LogP contribution in [0.5, 0.6) is 0 Å². The van der Waals surface area contributed by atoms with Crippen molar-refractivity contribution in [3.63, 3.8) is 0 Å². The van der Waals surface area contributed by atoms with Crippen LogP contribution in [0.25, 0.3) is 0 Å². The molecule has 1 aliphatic heterocycles. The van der Waals surface area contributed by atoms with E-state index >= 15 is 0 Å². The lowest BCUT2D eigenvalue weighted by Gasteiger charge is -2.18. The zero-order valence-corrected chi connectivity index (χ0v) is 13.5. The average Bonchev–Trinajstić information content (AvgIpc) is 2.87. The Morgan fingerprint density at radius 3 is 2.72 bits per heavy atom. The van der Waals surface area contributed by atoms with E-state index < -0.39 is 0 Å². The highest BCUT2D eigenvalue weighted by atomic mass is 79.9. The summed E-state index contributed by atoms with van der Waals surface area (Å²) in [5.41, 5.74) is 7.55. The smallest absolute Gasteiger partial charge is 0.0320 e. The molecule has 3 unspecified atom stereocenters. The molecule has 2 N–H and O–H groups in total. The van der Waals surface area contributed by atoms with Crippen LogP contribution in [-0.4, -0.2) is 24.0 Å². The Morgan fingerprint density at radius 2 is 2.00 bits per heavy atom. The molecule has 2 nitrogen and oxygen atoms in total. The van der Waals surface area contributed by atoms with Gasteiger partial charge in [-0.15, -0.1) is 0 Å². The van der Waals surface area contributed by atoms with Crippen LogP contribution in [0.3, 0.4) is 0 Å². The fourth-order valence-electron chi connectivity index (χ4n) is 3.43. The number of rotatable bonds is 2. The molecule has 3 atom stereocenters. The number of hydrogen-bond acceptors (Lipinski definition) is 2. The fourth-order valence-corrected chi connectivity index (χ4v) is 4.10. The van der Waals surface area contributed by atoms with Gasteiger partial charge in [0.1, 0.15) is 0 Å². The lowest BCUT2D eigenvalue weighted by Crippen LogP contribution is -2.30. The van der Waals surface area contributed by atoms with E-state index in [9.17, 15) is 0 Å². The fraction of sp³-hybridized carbons (Fsp3) is 0.571. The van der Waals surface area contributed by atoms with Gasteiger partial charge >= 0.3 is 0 Å². The van der Waals surface area contributed by atoms with E-state index in [0.717, 1.165) is 27.3 Å². The monoisotopic (exact) mass is 372 g/mol. The van der Waals surface area contributed by atoms with Crippen LogP contribution in [0.1, 0.15) is 18.4 Å². The summed E-state index contributed by atoms with van der Waals surface area (Å²) in [5, 5.41) is 0. The van der Waals surface area contributed by atoms with Crippen molar-refractivity contribution in [3.8, 4) is 0 Å². The molecule has 2 aliphatic rings. The molecule has 1 saturated heterocycles. The second kappa shape index (κ2) is 5.23. The van der Waals surface area contributed by atoms with Crippen LogP contribution in [0.15, 0.2) is 27.1 Å².